The maximum atomic E-state index is 12.2. The third-order valence-electron chi connectivity index (χ3n) is 5.08. The van der Waals surface area contributed by atoms with E-state index in [-0.39, 0.29) is 25.6 Å². The predicted octanol–water partition coefficient (Wildman–Crippen LogP) is 3.09. The molecule has 0 saturated heterocycles. The highest BCUT2D eigenvalue weighted by molar-refractivity contribution is 7.15. The Kier molecular flexibility index (Phi) is 5.43. The lowest BCUT2D eigenvalue weighted by Gasteiger charge is -2.15. The summed E-state index contributed by atoms with van der Waals surface area (Å²) in [5.41, 5.74) is 3.44. The number of hydrogen-bond acceptors (Lipinski definition) is 7. The Morgan fingerprint density at radius 3 is 3.11 bits per heavy atom. The Balaban J connectivity index is 1.55. The van der Waals surface area contributed by atoms with Crippen LogP contribution in [0.3, 0.4) is 0 Å². The van der Waals surface area contributed by atoms with Gasteiger partial charge in [0, 0.05) is 17.5 Å². The smallest absolute Gasteiger partial charge is 0.209 e. The Hall–Kier alpha value is -2.29. The number of carbonyl (C=O) groups excluding carboxylic acids is 1. The molecule has 0 amide bonds. The average Bonchev–Trinajstić information content (AvgIpc) is 3.21. The molecule has 2 aromatic heterocycles. The summed E-state index contributed by atoms with van der Waals surface area (Å²) in [6, 6.07) is 5.45. The van der Waals surface area contributed by atoms with Crippen molar-refractivity contribution in [3.8, 4) is 0 Å². The largest absolute Gasteiger partial charge is 0.394 e. The van der Waals surface area contributed by atoms with Gasteiger partial charge in [-0.15, -0.1) is 11.3 Å². The molecule has 1 aliphatic rings. The van der Waals surface area contributed by atoms with E-state index < -0.39 is 0 Å². The normalized spacial score (nSPS) is 16.3. The van der Waals surface area contributed by atoms with Crippen molar-refractivity contribution in [3.05, 3.63) is 34.3 Å². The first-order valence-corrected chi connectivity index (χ1v) is 10.3. The van der Waals surface area contributed by atoms with Crippen LogP contribution in [0.2, 0.25) is 0 Å². The minimum Gasteiger partial charge on any atom is -0.394 e. The van der Waals surface area contributed by atoms with Gasteiger partial charge in [-0.25, -0.2) is 9.97 Å². The number of rotatable bonds is 7. The SMILES string of the molecule is CC1CCc2nc(Nc3nc4cc(C(=O)COCCO)ccc4n3C)sc2C1. The number of aryl methyl sites for hydroxylation is 2. The van der Waals surface area contributed by atoms with Crippen molar-refractivity contribution >= 4 is 39.2 Å². The van der Waals surface area contributed by atoms with Gasteiger partial charge in [0.2, 0.25) is 5.95 Å². The van der Waals surface area contributed by atoms with Gasteiger partial charge in [0.05, 0.1) is 29.9 Å². The summed E-state index contributed by atoms with van der Waals surface area (Å²) in [7, 11) is 1.94. The average molecular weight is 401 g/mol. The van der Waals surface area contributed by atoms with Crippen molar-refractivity contribution in [3.63, 3.8) is 0 Å². The number of aliphatic hydroxyl groups excluding tert-OH is 1. The van der Waals surface area contributed by atoms with Gasteiger partial charge in [0.15, 0.2) is 10.9 Å². The van der Waals surface area contributed by atoms with E-state index in [1.165, 1.54) is 17.0 Å². The van der Waals surface area contributed by atoms with Gasteiger partial charge in [0.25, 0.3) is 0 Å². The van der Waals surface area contributed by atoms with E-state index in [1.807, 2.05) is 17.7 Å². The minimum atomic E-state index is -0.128. The van der Waals surface area contributed by atoms with Gasteiger partial charge >= 0.3 is 0 Å². The maximum absolute atomic E-state index is 12.2. The molecule has 0 radical (unpaired) electrons. The van der Waals surface area contributed by atoms with Crippen LogP contribution in [0.25, 0.3) is 11.0 Å². The number of benzene rings is 1. The van der Waals surface area contributed by atoms with Crippen molar-refractivity contribution in [1.82, 2.24) is 14.5 Å². The highest BCUT2D eigenvalue weighted by atomic mass is 32.1. The van der Waals surface area contributed by atoms with Crippen LogP contribution in [0.4, 0.5) is 11.1 Å². The van der Waals surface area contributed by atoms with Gasteiger partial charge in [-0.3, -0.25) is 4.79 Å². The molecule has 0 bridgehead atoms. The number of carbonyl (C=O) groups is 1. The molecule has 1 atom stereocenters. The van der Waals surface area contributed by atoms with E-state index in [2.05, 4.69) is 17.2 Å². The molecule has 1 aromatic carbocycles. The summed E-state index contributed by atoms with van der Waals surface area (Å²) in [6.07, 6.45) is 3.34. The molecule has 0 spiro atoms. The standard InChI is InChI=1S/C20H24N4O3S/c1-12-3-5-14-18(9-12)28-20(22-14)23-19-21-15-10-13(4-6-16(15)24(19)2)17(26)11-27-8-7-25/h4,6,10,12,25H,3,5,7-9,11H2,1-2H3,(H,21,22,23). The monoisotopic (exact) mass is 400 g/mol. The lowest BCUT2D eigenvalue weighted by atomic mass is 9.93. The van der Waals surface area contributed by atoms with E-state index in [0.717, 1.165) is 29.0 Å². The molecule has 7 nitrogen and oxygen atoms in total. The molecule has 3 aromatic rings. The van der Waals surface area contributed by atoms with E-state index in [9.17, 15) is 4.79 Å². The third kappa shape index (κ3) is 3.80. The van der Waals surface area contributed by atoms with Crippen LogP contribution >= 0.6 is 11.3 Å². The highest BCUT2D eigenvalue weighted by Crippen LogP contribution is 2.33. The number of nitrogens with zero attached hydrogens (tertiary/aromatic N) is 3. The number of anilines is 2. The zero-order valence-electron chi connectivity index (χ0n) is 16.1. The van der Waals surface area contributed by atoms with E-state index >= 15 is 0 Å². The number of aromatic nitrogens is 3. The summed E-state index contributed by atoms with van der Waals surface area (Å²) < 4.78 is 7.09. The second kappa shape index (κ2) is 7.98. The molecule has 0 saturated carbocycles. The quantitative estimate of drug-likeness (QED) is 0.468. The van der Waals surface area contributed by atoms with E-state index in [1.54, 1.807) is 23.5 Å². The number of aliphatic hydroxyl groups is 1. The molecule has 0 fully saturated rings. The Morgan fingerprint density at radius 1 is 1.43 bits per heavy atom. The van der Waals surface area contributed by atoms with Crippen LogP contribution in [0.5, 0.6) is 0 Å². The number of fused-ring (bicyclic) bond motifs is 2. The molecular formula is C20H24N4O3S. The number of thiazole rings is 1. The third-order valence-corrected chi connectivity index (χ3v) is 6.11. The number of ether oxygens (including phenoxy) is 1. The second-order valence-electron chi connectivity index (χ2n) is 7.26. The zero-order valence-corrected chi connectivity index (χ0v) is 16.9. The first-order chi connectivity index (χ1) is 13.5. The molecule has 4 rings (SSSR count). The number of nitrogens with one attached hydrogen (secondary N) is 1. The molecule has 2 heterocycles. The lowest BCUT2D eigenvalue weighted by Crippen LogP contribution is -2.11. The van der Waals surface area contributed by atoms with Crippen LogP contribution in [0, 0.1) is 5.92 Å². The molecule has 8 heteroatoms. The van der Waals surface area contributed by atoms with Crippen LogP contribution in [-0.2, 0) is 24.6 Å². The molecule has 0 aliphatic heterocycles. The maximum Gasteiger partial charge on any atom is 0.209 e. The highest BCUT2D eigenvalue weighted by Gasteiger charge is 2.20. The van der Waals surface area contributed by atoms with Crippen LogP contribution in [-0.4, -0.2) is 45.2 Å². The summed E-state index contributed by atoms with van der Waals surface area (Å²) in [5, 5.41) is 13.0. The van der Waals surface area contributed by atoms with Gasteiger partial charge < -0.3 is 19.7 Å². The van der Waals surface area contributed by atoms with Gasteiger partial charge in [-0.05, 0) is 43.4 Å². The van der Waals surface area contributed by atoms with E-state index in [4.69, 9.17) is 14.8 Å². The predicted molar refractivity (Wildman–Crippen MR) is 110 cm³/mol. The molecule has 148 valence electrons. The van der Waals surface area contributed by atoms with Crippen LogP contribution in [0.1, 0.15) is 34.3 Å². The second-order valence-corrected chi connectivity index (χ2v) is 8.34. The Morgan fingerprint density at radius 2 is 2.29 bits per heavy atom. The number of hydrogen-bond donors (Lipinski definition) is 2. The van der Waals surface area contributed by atoms with Crippen molar-refractivity contribution in [1.29, 1.82) is 0 Å². The fraction of sp³-hybridized carbons (Fsp3) is 0.450. The number of Topliss-reactive ketones (excluding diaryl/α,β-unsaturated/α-hetero) is 1. The first kappa shape index (κ1) is 19.0. The lowest BCUT2D eigenvalue weighted by molar-refractivity contribution is 0.0664. The molecule has 1 unspecified atom stereocenters. The molecular weight excluding hydrogens is 376 g/mol. The Labute approximate surface area is 167 Å². The minimum absolute atomic E-state index is 0.0485. The van der Waals surface area contributed by atoms with Crippen molar-refractivity contribution in [2.75, 3.05) is 25.1 Å². The van der Waals surface area contributed by atoms with Gasteiger partial charge in [-0.1, -0.05) is 6.92 Å². The van der Waals surface area contributed by atoms with Crippen molar-refractivity contribution in [2.24, 2.45) is 13.0 Å². The topological polar surface area (TPSA) is 89.3 Å². The fourth-order valence-corrected chi connectivity index (χ4v) is 4.65. The first-order valence-electron chi connectivity index (χ1n) is 9.49. The van der Waals surface area contributed by atoms with Crippen LogP contribution < -0.4 is 5.32 Å². The summed E-state index contributed by atoms with van der Waals surface area (Å²) >= 11 is 1.71. The van der Waals surface area contributed by atoms with Gasteiger partial charge in [-0.2, -0.15) is 0 Å². The Bertz CT molecular complexity index is 1010. The molecule has 2 N–H and O–H groups in total. The summed E-state index contributed by atoms with van der Waals surface area (Å²) in [6.45, 7) is 2.30. The number of imidazole rings is 1. The van der Waals surface area contributed by atoms with Gasteiger partial charge in [0.1, 0.15) is 6.61 Å². The number of ketones is 1. The van der Waals surface area contributed by atoms with E-state index in [0.29, 0.717) is 17.4 Å². The summed E-state index contributed by atoms with van der Waals surface area (Å²) in [5.74, 6) is 1.29. The summed E-state index contributed by atoms with van der Waals surface area (Å²) in [4.78, 5) is 23.0. The van der Waals surface area contributed by atoms with Crippen molar-refractivity contribution in [2.45, 2.75) is 26.2 Å². The molecule has 28 heavy (non-hydrogen) atoms. The zero-order chi connectivity index (χ0) is 19.7. The fourth-order valence-electron chi connectivity index (χ4n) is 3.49. The molecule has 1 aliphatic carbocycles. The van der Waals surface area contributed by atoms with Crippen LogP contribution in [0.15, 0.2) is 18.2 Å². The van der Waals surface area contributed by atoms with Crippen molar-refractivity contribution < 1.29 is 14.6 Å².